The van der Waals surface area contributed by atoms with Gasteiger partial charge in [0.15, 0.2) is 0 Å². The molecule has 2 aliphatic rings. The number of halogens is 1. The number of nitro groups is 1. The maximum atomic E-state index is 12.4. The summed E-state index contributed by atoms with van der Waals surface area (Å²) < 4.78 is 5.83. The summed E-state index contributed by atoms with van der Waals surface area (Å²) in [5.74, 6) is -1.02. The van der Waals surface area contributed by atoms with Crippen molar-refractivity contribution >= 4 is 39.1 Å². The fourth-order valence-electron chi connectivity index (χ4n) is 3.10. The summed E-state index contributed by atoms with van der Waals surface area (Å²) in [6, 6.07) is 4.91. The Labute approximate surface area is 158 Å². The van der Waals surface area contributed by atoms with Gasteiger partial charge >= 0.3 is 11.8 Å². The molecule has 1 aromatic rings. The van der Waals surface area contributed by atoms with Gasteiger partial charge in [-0.05, 0) is 12.1 Å². The molecule has 140 valence electrons. The molecule has 0 spiro atoms. The van der Waals surface area contributed by atoms with Crippen LogP contribution in [0.15, 0.2) is 22.7 Å². The monoisotopic (exact) mass is 426 g/mol. The highest BCUT2D eigenvalue weighted by molar-refractivity contribution is 9.10. The van der Waals surface area contributed by atoms with Gasteiger partial charge in [-0.1, -0.05) is 15.9 Å². The second kappa shape index (κ2) is 8.00. The van der Waals surface area contributed by atoms with Crippen molar-refractivity contribution in [1.82, 2.24) is 9.80 Å². The molecule has 0 bridgehead atoms. The van der Waals surface area contributed by atoms with E-state index in [0.29, 0.717) is 62.6 Å². The normalized spacial score (nSPS) is 18.0. The fraction of sp³-hybridized carbons (Fsp3) is 0.500. The number of anilines is 1. The molecule has 9 nitrogen and oxygen atoms in total. The van der Waals surface area contributed by atoms with Crippen LogP contribution in [0.25, 0.3) is 0 Å². The van der Waals surface area contributed by atoms with E-state index in [2.05, 4.69) is 15.9 Å². The van der Waals surface area contributed by atoms with Gasteiger partial charge in [0.1, 0.15) is 5.69 Å². The summed E-state index contributed by atoms with van der Waals surface area (Å²) in [6.45, 7) is 3.31. The van der Waals surface area contributed by atoms with Crippen LogP contribution in [0.4, 0.5) is 11.4 Å². The molecule has 0 saturated carbocycles. The third-order valence-corrected chi connectivity index (χ3v) is 5.02. The van der Waals surface area contributed by atoms with Gasteiger partial charge in [0.2, 0.25) is 0 Å². The predicted molar refractivity (Wildman–Crippen MR) is 97.0 cm³/mol. The zero-order valence-electron chi connectivity index (χ0n) is 14.1. The highest BCUT2D eigenvalue weighted by atomic mass is 79.9. The second-order valence-corrected chi connectivity index (χ2v) is 6.99. The van der Waals surface area contributed by atoms with Gasteiger partial charge in [0, 0.05) is 49.8 Å². The number of hydrogen-bond donors (Lipinski definition) is 0. The minimum absolute atomic E-state index is 0.0172. The molecule has 10 heteroatoms. The lowest BCUT2D eigenvalue weighted by Gasteiger charge is -2.36. The van der Waals surface area contributed by atoms with Crippen molar-refractivity contribution in [2.45, 2.75) is 0 Å². The van der Waals surface area contributed by atoms with Gasteiger partial charge in [-0.25, -0.2) is 0 Å². The average molecular weight is 427 g/mol. The molecular weight excluding hydrogens is 408 g/mol. The SMILES string of the molecule is O=C(C(=O)N1CCN(c2ccc(Br)cc2[N+](=O)[O-])CC1)N1CCOCC1. The Morgan fingerprint density at radius 2 is 1.58 bits per heavy atom. The van der Waals surface area contributed by atoms with Crippen LogP contribution in [0, 0.1) is 10.1 Å². The van der Waals surface area contributed by atoms with Crippen molar-refractivity contribution in [3.63, 3.8) is 0 Å². The smallest absolute Gasteiger partial charge is 0.312 e. The number of ether oxygens (including phenoxy) is 1. The second-order valence-electron chi connectivity index (χ2n) is 6.07. The zero-order chi connectivity index (χ0) is 18.7. The van der Waals surface area contributed by atoms with Crippen LogP contribution in [0.5, 0.6) is 0 Å². The molecule has 0 radical (unpaired) electrons. The predicted octanol–water partition coefficient (Wildman–Crippen LogP) is 0.865. The third kappa shape index (κ3) is 3.96. The summed E-state index contributed by atoms with van der Waals surface area (Å²) in [7, 11) is 0. The first-order valence-electron chi connectivity index (χ1n) is 8.32. The van der Waals surface area contributed by atoms with E-state index in [9.17, 15) is 19.7 Å². The molecule has 2 amide bonds. The summed E-state index contributed by atoms with van der Waals surface area (Å²) >= 11 is 3.24. The molecule has 2 heterocycles. The number of carbonyl (C=O) groups is 2. The van der Waals surface area contributed by atoms with Crippen LogP contribution < -0.4 is 4.90 Å². The Bertz CT molecular complexity index is 715. The van der Waals surface area contributed by atoms with Crippen LogP contribution in [0.3, 0.4) is 0 Å². The number of amides is 2. The first-order chi connectivity index (χ1) is 12.5. The van der Waals surface area contributed by atoms with Crippen LogP contribution >= 0.6 is 15.9 Å². The topological polar surface area (TPSA) is 96.2 Å². The molecule has 0 unspecified atom stereocenters. The van der Waals surface area contributed by atoms with Gasteiger partial charge in [-0.3, -0.25) is 19.7 Å². The highest BCUT2D eigenvalue weighted by Gasteiger charge is 2.31. The van der Waals surface area contributed by atoms with Crippen molar-refractivity contribution in [1.29, 1.82) is 0 Å². The van der Waals surface area contributed by atoms with Crippen LogP contribution in [-0.2, 0) is 14.3 Å². The maximum absolute atomic E-state index is 12.4. The van der Waals surface area contributed by atoms with Crippen molar-refractivity contribution < 1.29 is 19.2 Å². The standard InChI is InChI=1S/C16H19BrN4O5/c17-12-1-2-13(14(11-12)21(24)25)18-3-5-19(6-4-18)15(22)16(23)20-7-9-26-10-8-20/h1-2,11H,3-10H2. The summed E-state index contributed by atoms with van der Waals surface area (Å²) in [4.78, 5) is 40.5. The molecule has 26 heavy (non-hydrogen) atoms. The minimum atomic E-state index is -0.517. The van der Waals surface area contributed by atoms with Crippen molar-refractivity contribution in [3.8, 4) is 0 Å². The van der Waals surface area contributed by atoms with Crippen LogP contribution in [0.1, 0.15) is 0 Å². The number of benzene rings is 1. The van der Waals surface area contributed by atoms with E-state index in [-0.39, 0.29) is 5.69 Å². The van der Waals surface area contributed by atoms with Crippen molar-refractivity contribution in [2.75, 3.05) is 57.4 Å². The summed E-state index contributed by atoms with van der Waals surface area (Å²) in [5, 5.41) is 11.3. The largest absolute Gasteiger partial charge is 0.378 e. The van der Waals surface area contributed by atoms with E-state index >= 15 is 0 Å². The Morgan fingerprint density at radius 1 is 1.00 bits per heavy atom. The quantitative estimate of drug-likeness (QED) is 0.395. The van der Waals surface area contributed by atoms with Crippen LogP contribution in [-0.4, -0.2) is 79.0 Å². The summed E-state index contributed by atoms with van der Waals surface area (Å²) in [5.41, 5.74) is 0.536. The fourth-order valence-corrected chi connectivity index (χ4v) is 3.45. The zero-order valence-corrected chi connectivity index (χ0v) is 15.7. The van der Waals surface area contributed by atoms with Gasteiger partial charge in [-0.2, -0.15) is 0 Å². The van der Waals surface area contributed by atoms with E-state index in [1.165, 1.54) is 15.9 Å². The lowest BCUT2D eigenvalue weighted by Crippen LogP contribution is -2.54. The van der Waals surface area contributed by atoms with E-state index < -0.39 is 16.7 Å². The molecule has 2 saturated heterocycles. The number of rotatable bonds is 2. The Morgan fingerprint density at radius 3 is 2.15 bits per heavy atom. The Hall–Kier alpha value is -2.20. The van der Waals surface area contributed by atoms with Gasteiger partial charge in [-0.15, -0.1) is 0 Å². The van der Waals surface area contributed by atoms with E-state index in [1.807, 2.05) is 4.90 Å². The molecule has 2 aliphatic heterocycles. The molecule has 0 atom stereocenters. The Balaban J connectivity index is 1.63. The average Bonchev–Trinajstić information content (AvgIpc) is 2.67. The number of carbonyl (C=O) groups excluding carboxylic acids is 2. The minimum Gasteiger partial charge on any atom is -0.378 e. The van der Waals surface area contributed by atoms with Gasteiger partial charge in [0.25, 0.3) is 5.69 Å². The van der Waals surface area contributed by atoms with Gasteiger partial charge < -0.3 is 19.4 Å². The number of nitrogens with zero attached hydrogens (tertiary/aromatic N) is 4. The van der Waals surface area contributed by atoms with E-state index in [1.54, 1.807) is 12.1 Å². The molecule has 0 N–H and O–H groups in total. The van der Waals surface area contributed by atoms with Crippen molar-refractivity contribution in [3.05, 3.63) is 32.8 Å². The maximum Gasteiger partial charge on any atom is 0.312 e. The Kier molecular flexibility index (Phi) is 5.72. The first-order valence-corrected chi connectivity index (χ1v) is 9.11. The third-order valence-electron chi connectivity index (χ3n) is 4.52. The molecule has 0 aromatic heterocycles. The molecule has 1 aromatic carbocycles. The van der Waals surface area contributed by atoms with E-state index in [4.69, 9.17) is 4.74 Å². The highest BCUT2D eigenvalue weighted by Crippen LogP contribution is 2.31. The molecule has 0 aliphatic carbocycles. The number of hydrogen-bond acceptors (Lipinski definition) is 6. The van der Waals surface area contributed by atoms with Crippen molar-refractivity contribution in [2.24, 2.45) is 0 Å². The van der Waals surface area contributed by atoms with E-state index in [0.717, 1.165) is 0 Å². The molecular formula is C16H19BrN4O5. The van der Waals surface area contributed by atoms with Gasteiger partial charge in [0.05, 0.1) is 18.1 Å². The summed E-state index contributed by atoms with van der Waals surface area (Å²) in [6.07, 6.45) is 0. The molecule has 3 rings (SSSR count). The van der Waals surface area contributed by atoms with Crippen LogP contribution in [0.2, 0.25) is 0 Å². The molecule has 2 fully saturated rings. The lowest BCUT2D eigenvalue weighted by atomic mass is 10.2. The number of nitro benzene ring substituents is 1. The number of piperazine rings is 1. The first kappa shape index (κ1) is 18.6. The number of morpholine rings is 1. The lowest BCUT2D eigenvalue weighted by molar-refractivity contribution is -0.384.